The maximum atomic E-state index is 15.0. The van der Waals surface area contributed by atoms with Crippen LogP contribution in [0.15, 0.2) is 25.3 Å². The van der Waals surface area contributed by atoms with Gasteiger partial charge in [-0.05, 0) is 50.9 Å². The van der Waals surface area contributed by atoms with E-state index in [0.29, 0.717) is 32.4 Å². The first-order valence-electron chi connectivity index (χ1n) is 15.4. The largest absolute Gasteiger partial charge is 0.394 e. The minimum absolute atomic E-state index is 0.0542. The van der Waals surface area contributed by atoms with E-state index in [9.17, 15) is 14.7 Å². The van der Waals surface area contributed by atoms with Crippen molar-refractivity contribution in [3.8, 4) is 0 Å². The van der Waals surface area contributed by atoms with Crippen molar-refractivity contribution in [2.24, 2.45) is 23.2 Å². The molecule has 0 aliphatic carbocycles. The number of aliphatic hydroxyl groups is 1. The fraction of sp³-hybridized carbons (Fsp3) is 0.788. The van der Waals surface area contributed by atoms with E-state index in [4.69, 9.17) is 4.74 Å². The second kappa shape index (κ2) is 11.8. The van der Waals surface area contributed by atoms with Crippen LogP contribution in [0.3, 0.4) is 0 Å². The van der Waals surface area contributed by atoms with Gasteiger partial charge < -0.3 is 24.5 Å². The number of rotatable bonds is 13. The Hall–Kier alpha value is -2.19. The SMILES string of the molecule is C=CCN(C)C(=O)[C@@H]1[C@H]2C(=O)N([C@@H](CO)[C@@H](C)CC)C(C(=O)N(CC=C)C(C)(C)CC(C)(C)C)C23CC[C@@]1(CC)O3. The number of amides is 3. The Labute approximate surface area is 248 Å². The van der Waals surface area contributed by atoms with Crippen molar-refractivity contribution in [2.45, 2.75) is 116 Å². The molecule has 3 fully saturated rings. The Bertz CT molecular complexity index is 1030. The van der Waals surface area contributed by atoms with Crippen molar-refractivity contribution >= 4 is 17.7 Å². The van der Waals surface area contributed by atoms with Crippen molar-refractivity contribution in [2.75, 3.05) is 26.7 Å². The summed E-state index contributed by atoms with van der Waals surface area (Å²) in [6.07, 6.45) is 6.54. The van der Waals surface area contributed by atoms with E-state index >= 15 is 4.79 Å². The zero-order valence-corrected chi connectivity index (χ0v) is 27.0. The summed E-state index contributed by atoms with van der Waals surface area (Å²) in [7, 11) is 1.72. The monoisotopic (exact) mass is 573 g/mol. The van der Waals surface area contributed by atoms with Crippen molar-refractivity contribution in [3.63, 3.8) is 0 Å². The van der Waals surface area contributed by atoms with Gasteiger partial charge in [0.15, 0.2) is 0 Å². The lowest BCUT2D eigenvalue weighted by Crippen LogP contribution is -2.63. The van der Waals surface area contributed by atoms with Gasteiger partial charge in [-0.1, -0.05) is 60.1 Å². The summed E-state index contributed by atoms with van der Waals surface area (Å²) in [5.41, 5.74) is -2.55. The topological polar surface area (TPSA) is 90.4 Å². The lowest BCUT2D eigenvalue weighted by Gasteiger charge is -2.47. The smallest absolute Gasteiger partial charge is 0.249 e. The molecule has 7 atom stereocenters. The van der Waals surface area contributed by atoms with Gasteiger partial charge in [0.05, 0.1) is 30.1 Å². The van der Waals surface area contributed by atoms with Gasteiger partial charge in [0.2, 0.25) is 17.7 Å². The molecule has 232 valence electrons. The zero-order chi connectivity index (χ0) is 31.1. The summed E-state index contributed by atoms with van der Waals surface area (Å²) in [5.74, 6) is -2.16. The molecule has 1 spiro atoms. The molecule has 2 bridgehead atoms. The molecule has 0 aromatic heterocycles. The lowest BCUT2D eigenvalue weighted by atomic mass is 9.64. The number of ether oxygens (including phenoxy) is 1. The lowest BCUT2D eigenvalue weighted by molar-refractivity contribution is -0.162. The standard InChI is InChI=1S/C33H55N3O5/c1-12-18-34(11)27(38)24-25-28(39)36(23(20-37)22(5)14-3)26(33(25)17-16-32(24,15-4)41-33)29(40)35(19-13-2)31(9,10)21-30(6,7)8/h12-13,22-26,37H,1-2,14-21H2,3-11H3/t22-,23-,24-,25-,26?,32+,33?/m0/s1. The van der Waals surface area contributed by atoms with Gasteiger partial charge in [0, 0.05) is 25.7 Å². The van der Waals surface area contributed by atoms with Crippen LogP contribution < -0.4 is 0 Å². The molecular weight excluding hydrogens is 518 g/mol. The molecule has 0 aromatic carbocycles. The molecule has 0 saturated carbocycles. The highest BCUT2D eigenvalue weighted by atomic mass is 16.5. The minimum atomic E-state index is -1.14. The number of likely N-dealkylation sites (N-methyl/N-ethyl adjacent to an activating group) is 1. The first-order valence-corrected chi connectivity index (χ1v) is 15.4. The second-order valence-electron chi connectivity index (χ2n) is 14.5. The predicted octanol–water partition coefficient (Wildman–Crippen LogP) is 4.42. The van der Waals surface area contributed by atoms with Crippen molar-refractivity contribution < 1.29 is 24.2 Å². The van der Waals surface area contributed by atoms with Gasteiger partial charge in [-0.15, -0.1) is 13.2 Å². The van der Waals surface area contributed by atoms with Crippen molar-refractivity contribution in [1.82, 2.24) is 14.7 Å². The molecule has 8 nitrogen and oxygen atoms in total. The number of aliphatic hydroxyl groups excluding tert-OH is 1. The summed E-state index contributed by atoms with van der Waals surface area (Å²) < 4.78 is 6.98. The molecular formula is C33H55N3O5. The third-order valence-corrected chi connectivity index (χ3v) is 10.0. The molecule has 1 N–H and O–H groups in total. The Morgan fingerprint density at radius 3 is 2.22 bits per heavy atom. The summed E-state index contributed by atoms with van der Waals surface area (Å²) in [6.45, 7) is 24.7. The highest BCUT2D eigenvalue weighted by molar-refractivity contribution is 5.99. The van der Waals surface area contributed by atoms with E-state index in [1.165, 1.54) is 0 Å². The molecule has 3 rings (SSSR count). The zero-order valence-electron chi connectivity index (χ0n) is 27.0. The van der Waals surface area contributed by atoms with Gasteiger partial charge in [0.1, 0.15) is 11.6 Å². The molecule has 3 aliphatic rings. The normalized spacial score (nSPS) is 30.6. The molecule has 3 saturated heterocycles. The fourth-order valence-electron chi connectivity index (χ4n) is 8.31. The van der Waals surface area contributed by atoms with E-state index in [0.717, 1.165) is 12.8 Å². The van der Waals surface area contributed by atoms with Crippen LogP contribution in [0.25, 0.3) is 0 Å². The average Bonchev–Trinajstić information content (AvgIpc) is 3.49. The highest BCUT2D eigenvalue weighted by Gasteiger charge is 2.79. The number of fused-ring (bicyclic) bond motifs is 1. The van der Waals surface area contributed by atoms with E-state index in [2.05, 4.69) is 47.8 Å². The van der Waals surface area contributed by atoms with Gasteiger partial charge in [-0.3, -0.25) is 14.4 Å². The third-order valence-electron chi connectivity index (χ3n) is 10.0. The Morgan fingerprint density at radius 2 is 1.73 bits per heavy atom. The Morgan fingerprint density at radius 1 is 1.12 bits per heavy atom. The summed E-state index contributed by atoms with van der Waals surface area (Å²) >= 11 is 0. The van der Waals surface area contributed by atoms with E-state index in [1.54, 1.807) is 29.0 Å². The average molecular weight is 574 g/mol. The number of carbonyl (C=O) groups is 3. The molecule has 3 aliphatic heterocycles. The molecule has 41 heavy (non-hydrogen) atoms. The van der Waals surface area contributed by atoms with Gasteiger partial charge >= 0.3 is 0 Å². The van der Waals surface area contributed by atoms with Crippen LogP contribution in [0.1, 0.15) is 87.5 Å². The molecule has 3 heterocycles. The van der Waals surface area contributed by atoms with Crippen LogP contribution in [-0.4, -0.2) is 93.1 Å². The van der Waals surface area contributed by atoms with Crippen LogP contribution in [0.2, 0.25) is 0 Å². The first kappa shape index (κ1) is 33.3. The van der Waals surface area contributed by atoms with E-state index in [1.807, 2.05) is 25.7 Å². The maximum Gasteiger partial charge on any atom is 0.249 e. The van der Waals surface area contributed by atoms with Crippen LogP contribution in [-0.2, 0) is 19.1 Å². The summed E-state index contributed by atoms with van der Waals surface area (Å²) in [5, 5.41) is 10.7. The maximum absolute atomic E-state index is 15.0. The van der Waals surface area contributed by atoms with Gasteiger partial charge in [-0.2, -0.15) is 0 Å². The number of hydrogen-bond donors (Lipinski definition) is 1. The van der Waals surface area contributed by atoms with Crippen LogP contribution in [0, 0.1) is 23.2 Å². The molecule has 2 unspecified atom stereocenters. The predicted molar refractivity (Wildman–Crippen MR) is 162 cm³/mol. The van der Waals surface area contributed by atoms with Crippen LogP contribution in [0.4, 0.5) is 0 Å². The second-order valence-corrected chi connectivity index (χ2v) is 14.5. The Balaban J connectivity index is 2.24. The van der Waals surface area contributed by atoms with Crippen molar-refractivity contribution in [1.29, 1.82) is 0 Å². The highest BCUT2D eigenvalue weighted by Crippen LogP contribution is 2.65. The molecule has 3 amide bonds. The molecule has 0 radical (unpaired) electrons. The van der Waals surface area contributed by atoms with Gasteiger partial charge in [-0.25, -0.2) is 0 Å². The van der Waals surface area contributed by atoms with Crippen LogP contribution >= 0.6 is 0 Å². The number of nitrogens with zero attached hydrogens (tertiary/aromatic N) is 3. The first-order chi connectivity index (χ1) is 19.0. The van der Waals surface area contributed by atoms with Crippen LogP contribution in [0.5, 0.6) is 0 Å². The fourth-order valence-corrected chi connectivity index (χ4v) is 8.31. The minimum Gasteiger partial charge on any atom is -0.394 e. The quantitative estimate of drug-likeness (QED) is 0.330. The molecule has 8 heteroatoms. The van der Waals surface area contributed by atoms with E-state index < -0.39 is 40.7 Å². The summed E-state index contributed by atoms with van der Waals surface area (Å²) in [4.78, 5) is 48.8. The number of carbonyl (C=O) groups excluding carboxylic acids is 3. The van der Waals surface area contributed by atoms with E-state index in [-0.39, 0.29) is 35.7 Å². The Kier molecular flexibility index (Phi) is 9.61. The third kappa shape index (κ3) is 5.51. The summed E-state index contributed by atoms with van der Waals surface area (Å²) in [6, 6.07) is -1.51. The van der Waals surface area contributed by atoms with Gasteiger partial charge in [0.25, 0.3) is 0 Å². The molecule has 0 aromatic rings. The number of hydrogen-bond acceptors (Lipinski definition) is 5. The van der Waals surface area contributed by atoms with Crippen molar-refractivity contribution in [3.05, 3.63) is 25.3 Å². The number of likely N-dealkylation sites (tertiary alicyclic amines) is 1.